The fraction of sp³-hybridized carbons (Fsp3) is 0.312. The Morgan fingerprint density at radius 3 is 2.67 bits per heavy atom. The molecule has 2 aromatic rings. The monoisotopic (exact) mass is 347 g/mol. The van der Waals surface area contributed by atoms with E-state index in [0.29, 0.717) is 23.5 Å². The molecule has 0 saturated carbocycles. The molecular formula is C16H17N3O4S. The fourth-order valence-electron chi connectivity index (χ4n) is 2.69. The average Bonchev–Trinajstić information content (AvgIpc) is 2.86. The van der Waals surface area contributed by atoms with Gasteiger partial charge in [0.05, 0.1) is 29.6 Å². The molecule has 8 heteroatoms. The number of hydrogen-bond donors (Lipinski definition) is 2. The minimum Gasteiger partial charge on any atom is -0.508 e. The second kappa shape index (κ2) is 6.56. The molecule has 126 valence electrons. The molecular weight excluding hydrogens is 330 g/mol. The zero-order valence-electron chi connectivity index (χ0n) is 12.8. The lowest BCUT2D eigenvalue weighted by Crippen LogP contribution is -2.17. The number of rotatable bonds is 4. The molecule has 1 aliphatic rings. The summed E-state index contributed by atoms with van der Waals surface area (Å²) in [6, 6.07) is 6.57. The number of nitrogens with one attached hydrogen (secondary N) is 1. The maximum atomic E-state index is 12.0. The van der Waals surface area contributed by atoms with Gasteiger partial charge >= 0.3 is 0 Å². The first-order chi connectivity index (χ1) is 11.4. The Morgan fingerprint density at radius 1 is 1.29 bits per heavy atom. The molecule has 1 saturated heterocycles. The van der Waals surface area contributed by atoms with Crippen LogP contribution in [0.3, 0.4) is 0 Å². The lowest BCUT2D eigenvalue weighted by atomic mass is 10.1. The minimum atomic E-state index is -2.98. The number of sulfone groups is 1. The highest BCUT2D eigenvalue weighted by Gasteiger charge is 2.29. The second-order valence-corrected chi connectivity index (χ2v) is 8.10. The van der Waals surface area contributed by atoms with Crippen molar-refractivity contribution in [2.24, 2.45) is 5.92 Å². The van der Waals surface area contributed by atoms with E-state index in [1.165, 1.54) is 12.4 Å². The lowest BCUT2D eigenvalue weighted by Gasteiger charge is -2.08. The maximum absolute atomic E-state index is 12.0. The number of phenolic OH excluding ortho intramolecular Hbond substituents is 1. The largest absolute Gasteiger partial charge is 0.508 e. The highest BCUT2D eigenvalue weighted by Crippen LogP contribution is 2.23. The van der Waals surface area contributed by atoms with E-state index in [4.69, 9.17) is 0 Å². The molecule has 0 bridgehead atoms. The summed E-state index contributed by atoms with van der Waals surface area (Å²) in [5, 5.41) is 12.1. The van der Waals surface area contributed by atoms with Gasteiger partial charge in [-0.1, -0.05) is 12.1 Å². The molecule has 1 fully saturated rings. The van der Waals surface area contributed by atoms with Gasteiger partial charge in [0.15, 0.2) is 15.7 Å². The van der Waals surface area contributed by atoms with E-state index in [0.717, 1.165) is 0 Å². The third-order valence-corrected chi connectivity index (χ3v) is 5.68. The predicted octanol–water partition coefficient (Wildman–Crippen LogP) is 1.61. The Labute approximate surface area is 139 Å². The van der Waals surface area contributed by atoms with E-state index in [2.05, 4.69) is 15.3 Å². The average molecular weight is 347 g/mol. The van der Waals surface area contributed by atoms with Gasteiger partial charge in [-0.15, -0.1) is 0 Å². The Balaban J connectivity index is 1.61. The quantitative estimate of drug-likeness (QED) is 0.870. The van der Waals surface area contributed by atoms with Crippen molar-refractivity contribution in [3.8, 4) is 17.1 Å². The summed E-state index contributed by atoms with van der Waals surface area (Å²) in [5.41, 5.74) is 1.12. The third-order valence-electron chi connectivity index (χ3n) is 3.84. The van der Waals surface area contributed by atoms with Crippen LogP contribution in [0.4, 0.5) is 5.69 Å². The Hall–Kier alpha value is -2.48. The normalized spacial score (nSPS) is 19.1. The van der Waals surface area contributed by atoms with E-state index in [1.807, 2.05) is 0 Å². The van der Waals surface area contributed by atoms with Gasteiger partial charge in [-0.25, -0.2) is 18.4 Å². The number of anilines is 1. The Bertz CT molecular complexity index is 850. The summed E-state index contributed by atoms with van der Waals surface area (Å²) in [4.78, 5) is 20.3. The van der Waals surface area contributed by atoms with E-state index >= 15 is 0 Å². The Morgan fingerprint density at radius 2 is 2.04 bits per heavy atom. The molecule has 1 atom stereocenters. The van der Waals surface area contributed by atoms with Crippen LogP contribution in [0.2, 0.25) is 0 Å². The summed E-state index contributed by atoms with van der Waals surface area (Å²) in [6.07, 6.45) is 3.67. The first-order valence-electron chi connectivity index (χ1n) is 7.53. The number of nitrogens with zero attached hydrogens (tertiary/aromatic N) is 2. The van der Waals surface area contributed by atoms with Crippen molar-refractivity contribution in [2.45, 2.75) is 12.8 Å². The predicted molar refractivity (Wildman–Crippen MR) is 89.1 cm³/mol. The van der Waals surface area contributed by atoms with E-state index in [-0.39, 0.29) is 35.5 Å². The molecule has 0 spiro atoms. The number of hydrogen-bond acceptors (Lipinski definition) is 6. The van der Waals surface area contributed by atoms with Crippen molar-refractivity contribution in [1.29, 1.82) is 0 Å². The van der Waals surface area contributed by atoms with Crippen molar-refractivity contribution >= 4 is 21.4 Å². The second-order valence-electron chi connectivity index (χ2n) is 5.87. The topological polar surface area (TPSA) is 109 Å². The minimum absolute atomic E-state index is 0.0767. The standard InChI is InChI=1S/C16H17N3O4S/c20-14-3-1-2-12(7-14)16-17-8-13(9-18-16)19-15(21)6-11-4-5-24(22,23)10-11/h1-3,7-9,11,20H,4-6,10H2,(H,19,21). The third kappa shape index (κ3) is 4.08. The van der Waals surface area contributed by atoms with Crippen LogP contribution >= 0.6 is 0 Å². The summed E-state index contributed by atoms with van der Waals surface area (Å²) in [7, 11) is -2.98. The summed E-state index contributed by atoms with van der Waals surface area (Å²) in [5.74, 6) is 0.430. The van der Waals surface area contributed by atoms with Crippen LogP contribution in [0.25, 0.3) is 11.4 Å². The van der Waals surface area contributed by atoms with Crippen molar-refractivity contribution in [2.75, 3.05) is 16.8 Å². The fourth-order valence-corrected chi connectivity index (χ4v) is 4.56. The van der Waals surface area contributed by atoms with Gasteiger partial charge in [-0.3, -0.25) is 4.79 Å². The smallest absolute Gasteiger partial charge is 0.224 e. The van der Waals surface area contributed by atoms with Crippen molar-refractivity contribution in [3.63, 3.8) is 0 Å². The van der Waals surface area contributed by atoms with Crippen LogP contribution in [0.15, 0.2) is 36.7 Å². The molecule has 3 rings (SSSR count). The molecule has 24 heavy (non-hydrogen) atoms. The molecule has 0 radical (unpaired) electrons. The summed E-state index contributed by atoms with van der Waals surface area (Å²) < 4.78 is 22.8. The first-order valence-corrected chi connectivity index (χ1v) is 9.35. The number of amides is 1. The van der Waals surface area contributed by atoms with Gasteiger partial charge in [-0.05, 0) is 24.5 Å². The molecule has 2 N–H and O–H groups in total. The van der Waals surface area contributed by atoms with E-state index in [1.54, 1.807) is 24.3 Å². The van der Waals surface area contributed by atoms with Gasteiger partial charge in [0.25, 0.3) is 0 Å². The number of phenols is 1. The van der Waals surface area contributed by atoms with E-state index in [9.17, 15) is 18.3 Å². The highest BCUT2D eigenvalue weighted by atomic mass is 32.2. The molecule has 7 nitrogen and oxygen atoms in total. The van der Waals surface area contributed by atoms with Crippen LogP contribution in [0.5, 0.6) is 5.75 Å². The number of carbonyl (C=O) groups excluding carboxylic acids is 1. The lowest BCUT2D eigenvalue weighted by molar-refractivity contribution is -0.116. The zero-order valence-corrected chi connectivity index (χ0v) is 13.7. The van der Waals surface area contributed by atoms with Crippen LogP contribution in [-0.2, 0) is 14.6 Å². The molecule has 1 aromatic heterocycles. The van der Waals surface area contributed by atoms with Crippen molar-refractivity contribution in [1.82, 2.24) is 9.97 Å². The number of carbonyl (C=O) groups is 1. The highest BCUT2D eigenvalue weighted by molar-refractivity contribution is 7.91. The van der Waals surface area contributed by atoms with Crippen molar-refractivity contribution in [3.05, 3.63) is 36.7 Å². The van der Waals surface area contributed by atoms with Crippen LogP contribution < -0.4 is 5.32 Å². The molecule has 1 amide bonds. The molecule has 1 aliphatic heterocycles. The van der Waals surface area contributed by atoms with Crippen LogP contribution in [0, 0.1) is 5.92 Å². The van der Waals surface area contributed by atoms with Gasteiger partial charge < -0.3 is 10.4 Å². The first kappa shape index (κ1) is 16.4. The maximum Gasteiger partial charge on any atom is 0.224 e. The van der Waals surface area contributed by atoms with Gasteiger partial charge in [0.2, 0.25) is 5.91 Å². The van der Waals surface area contributed by atoms with Crippen molar-refractivity contribution < 1.29 is 18.3 Å². The van der Waals surface area contributed by atoms with Gasteiger partial charge in [0.1, 0.15) is 5.75 Å². The molecule has 0 aliphatic carbocycles. The SMILES string of the molecule is O=C(CC1CCS(=O)(=O)C1)Nc1cnc(-c2cccc(O)c2)nc1. The molecule has 1 unspecified atom stereocenters. The van der Waals surface area contributed by atoms with Crippen LogP contribution in [-0.4, -0.2) is 40.9 Å². The van der Waals surface area contributed by atoms with Crippen LogP contribution in [0.1, 0.15) is 12.8 Å². The summed E-state index contributed by atoms with van der Waals surface area (Å²) >= 11 is 0. The summed E-state index contributed by atoms with van der Waals surface area (Å²) in [6.45, 7) is 0. The molecule has 2 heterocycles. The zero-order chi connectivity index (χ0) is 17.2. The Kier molecular flexibility index (Phi) is 4.48. The van der Waals surface area contributed by atoms with E-state index < -0.39 is 9.84 Å². The number of benzene rings is 1. The molecule has 1 aromatic carbocycles. The number of aromatic hydroxyl groups is 1. The number of aromatic nitrogens is 2. The van der Waals surface area contributed by atoms with Gasteiger partial charge in [0, 0.05) is 12.0 Å². The van der Waals surface area contributed by atoms with Gasteiger partial charge in [-0.2, -0.15) is 0 Å².